The number of halogens is 3. The van der Waals surface area contributed by atoms with Gasteiger partial charge in [-0.1, -0.05) is 23.2 Å². The molecular formula is C14H12Cl2FN3. The Morgan fingerprint density at radius 1 is 1.10 bits per heavy atom. The summed E-state index contributed by atoms with van der Waals surface area (Å²) in [6, 6.07) is 4.12. The van der Waals surface area contributed by atoms with Crippen LogP contribution < -0.4 is 5.32 Å². The van der Waals surface area contributed by atoms with Crippen LogP contribution in [0.4, 0.5) is 16.0 Å². The highest BCUT2D eigenvalue weighted by Gasteiger charge is 2.17. The third-order valence-electron chi connectivity index (χ3n) is 3.31. The highest BCUT2D eigenvalue weighted by atomic mass is 35.5. The van der Waals surface area contributed by atoms with Gasteiger partial charge in [0.05, 0.1) is 16.4 Å². The molecule has 1 aliphatic carbocycles. The van der Waals surface area contributed by atoms with Crippen molar-refractivity contribution < 1.29 is 4.39 Å². The van der Waals surface area contributed by atoms with Crippen LogP contribution in [0, 0.1) is 5.82 Å². The zero-order valence-corrected chi connectivity index (χ0v) is 12.1. The number of rotatable bonds is 2. The lowest BCUT2D eigenvalue weighted by Crippen LogP contribution is -2.10. The van der Waals surface area contributed by atoms with E-state index in [1.54, 1.807) is 6.07 Å². The Morgan fingerprint density at radius 2 is 1.90 bits per heavy atom. The van der Waals surface area contributed by atoms with E-state index in [-0.39, 0.29) is 10.8 Å². The molecule has 0 amide bonds. The van der Waals surface area contributed by atoms with Crippen LogP contribution in [-0.2, 0) is 12.8 Å². The number of nitrogens with zero attached hydrogens (tertiary/aromatic N) is 2. The van der Waals surface area contributed by atoms with Crippen molar-refractivity contribution in [3.05, 3.63) is 45.4 Å². The minimum absolute atomic E-state index is 0.280. The van der Waals surface area contributed by atoms with Gasteiger partial charge in [0.25, 0.3) is 0 Å². The lowest BCUT2D eigenvalue weighted by molar-refractivity contribution is 0.628. The molecule has 3 rings (SSSR count). The van der Waals surface area contributed by atoms with E-state index in [2.05, 4.69) is 15.3 Å². The standard InChI is InChI=1S/C14H12Cl2FN3/c15-10-7-8(17)5-6-12(10)19-14-18-11-4-2-1-3-9(11)13(16)20-14/h5-7H,1-4H2,(H,18,19,20). The second-order valence-electron chi connectivity index (χ2n) is 4.72. The number of hydrogen-bond acceptors (Lipinski definition) is 3. The molecule has 0 unspecified atom stereocenters. The Bertz CT molecular complexity index is 661. The van der Waals surface area contributed by atoms with Crippen LogP contribution in [0.25, 0.3) is 0 Å². The molecule has 1 aromatic heterocycles. The first-order chi connectivity index (χ1) is 9.63. The first-order valence-corrected chi connectivity index (χ1v) is 7.16. The third-order valence-corrected chi connectivity index (χ3v) is 3.94. The summed E-state index contributed by atoms with van der Waals surface area (Å²) < 4.78 is 13.0. The van der Waals surface area contributed by atoms with Gasteiger partial charge in [-0.3, -0.25) is 0 Å². The van der Waals surface area contributed by atoms with Gasteiger partial charge in [-0.15, -0.1) is 0 Å². The fourth-order valence-electron chi connectivity index (χ4n) is 2.32. The molecule has 0 atom stereocenters. The molecule has 0 bridgehead atoms. The van der Waals surface area contributed by atoms with E-state index in [4.69, 9.17) is 23.2 Å². The summed E-state index contributed by atoms with van der Waals surface area (Å²) in [5.41, 5.74) is 2.57. The Balaban J connectivity index is 1.93. The molecular weight excluding hydrogens is 300 g/mol. The quantitative estimate of drug-likeness (QED) is 0.827. The van der Waals surface area contributed by atoms with Gasteiger partial charge in [-0.05, 0) is 43.9 Å². The van der Waals surface area contributed by atoms with Gasteiger partial charge in [0, 0.05) is 5.56 Å². The van der Waals surface area contributed by atoms with Crippen LogP contribution in [0.2, 0.25) is 10.2 Å². The molecule has 0 spiro atoms. The van der Waals surface area contributed by atoms with Crippen LogP contribution in [0.5, 0.6) is 0 Å². The van der Waals surface area contributed by atoms with Crippen molar-refractivity contribution in [3.8, 4) is 0 Å². The first-order valence-electron chi connectivity index (χ1n) is 6.41. The molecule has 104 valence electrons. The SMILES string of the molecule is Fc1ccc(Nc2nc(Cl)c3c(n2)CCCC3)c(Cl)c1. The second kappa shape index (κ2) is 5.54. The summed E-state index contributed by atoms with van der Waals surface area (Å²) in [4.78, 5) is 8.71. The Hall–Kier alpha value is -1.39. The Labute approximate surface area is 126 Å². The van der Waals surface area contributed by atoms with Crippen molar-refractivity contribution in [3.63, 3.8) is 0 Å². The molecule has 0 fully saturated rings. The van der Waals surface area contributed by atoms with E-state index in [0.29, 0.717) is 16.8 Å². The maximum absolute atomic E-state index is 13.0. The van der Waals surface area contributed by atoms with Gasteiger partial charge < -0.3 is 5.32 Å². The number of nitrogens with one attached hydrogen (secondary N) is 1. The molecule has 0 saturated carbocycles. The summed E-state index contributed by atoms with van der Waals surface area (Å²) in [7, 11) is 0. The van der Waals surface area contributed by atoms with Crippen LogP contribution in [0.3, 0.4) is 0 Å². The van der Waals surface area contributed by atoms with Gasteiger partial charge in [0.2, 0.25) is 5.95 Å². The average molecular weight is 312 g/mol. The summed E-state index contributed by atoms with van der Waals surface area (Å²) in [6.07, 6.45) is 4.05. The summed E-state index contributed by atoms with van der Waals surface area (Å²) >= 11 is 12.2. The zero-order valence-electron chi connectivity index (χ0n) is 10.6. The number of aromatic nitrogens is 2. The highest BCUT2D eigenvalue weighted by molar-refractivity contribution is 6.33. The Morgan fingerprint density at radius 3 is 2.70 bits per heavy atom. The molecule has 6 heteroatoms. The number of benzene rings is 1. The fourth-order valence-corrected chi connectivity index (χ4v) is 2.81. The smallest absolute Gasteiger partial charge is 0.228 e. The molecule has 3 nitrogen and oxygen atoms in total. The first kappa shape index (κ1) is 13.6. The molecule has 1 N–H and O–H groups in total. The largest absolute Gasteiger partial charge is 0.323 e. The minimum atomic E-state index is -0.384. The zero-order chi connectivity index (χ0) is 14.1. The second-order valence-corrected chi connectivity index (χ2v) is 5.48. The fraction of sp³-hybridized carbons (Fsp3) is 0.286. The van der Waals surface area contributed by atoms with Crippen molar-refractivity contribution in [2.75, 3.05) is 5.32 Å². The van der Waals surface area contributed by atoms with Gasteiger partial charge in [0.1, 0.15) is 11.0 Å². The molecule has 1 heterocycles. The van der Waals surface area contributed by atoms with E-state index in [1.165, 1.54) is 12.1 Å². The minimum Gasteiger partial charge on any atom is -0.323 e. The molecule has 20 heavy (non-hydrogen) atoms. The molecule has 0 aliphatic heterocycles. The van der Waals surface area contributed by atoms with Crippen molar-refractivity contribution in [1.82, 2.24) is 9.97 Å². The maximum Gasteiger partial charge on any atom is 0.228 e. The maximum atomic E-state index is 13.0. The molecule has 0 saturated heterocycles. The van der Waals surface area contributed by atoms with Gasteiger partial charge >= 0.3 is 0 Å². The van der Waals surface area contributed by atoms with Gasteiger partial charge in [0.15, 0.2) is 0 Å². The number of fused-ring (bicyclic) bond motifs is 1. The predicted octanol–water partition coefficient (Wildman–Crippen LogP) is 4.54. The van der Waals surface area contributed by atoms with Crippen molar-refractivity contribution >= 4 is 34.8 Å². The molecule has 2 aromatic rings. The van der Waals surface area contributed by atoms with Crippen molar-refractivity contribution in [1.29, 1.82) is 0 Å². The number of aryl methyl sites for hydroxylation is 1. The third kappa shape index (κ3) is 2.72. The highest BCUT2D eigenvalue weighted by Crippen LogP contribution is 2.29. The van der Waals surface area contributed by atoms with E-state index in [9.17, 15) is 4.39 Å². The van der Waals surface area contributed by atoms with Crippen LogP contribution in [0.15, 0.2) is 18.2 Å². The van der Waals surface area contributed by atoms with E-state index < -0.39 is 0 Å². The summed E-state index contributed by atoms with van der Waals surface area (Å²) in [6.45, 7) is 0. The molecule has 1 aromatic carbocycles. The van der Waals surface area contributed by atoms with E-state index in [1.807, 2.05) is 0 Å². The number of anilines is 2. The summed E-state index contributed by atoms with van der Waals surface area (Å²) in [5, 5.41) is 3.75. The van der Waals surface area contributed by atoms with Crippen LogP contribution in [0.1, 0.15) is 24.1 Å². The lowest BCUT2D eigenvalue weighted by Gasteiger charge is -2.17. The van der Waals surface area contributed by atoms with Gasteiger partial charge in [-0.2, -0.15) is 0 Å². The van der Waals surface area contributed by atoms with Gasteiger partial charge in [-0.25, -0.2) is 14.4 Å². The monoisotopic (exact) mass is 311 g/mol. The normalized spacial score (nSPS) is 13.9. The molecule has 0 radical (unpaired) electrons. The van der Waals surface area contributed by atoms with Crippen molar-refractivity contribution in [2.45, 2.75) is 25.7 Å². The Kier molecular flexibility index (Phi) is 3.76. The van der Waals surface area contributed by atoms with E-state index in [0.717, 1.165) is 36.9 Å². The predicted molar refractivity (Wildman–Crippen MR) is 78.4 cm³/mol. The average Bonchev–Trinajstić information content (AvgIpc) is 2.42. The van der Waals surface area contributed by atoms with Crippen molar-refractivity contribution in [2.24, 2.45) is 0 Å². The number of hydrogen-bond donors (Lipinski definition) is 1. The van der Waals surface area contributed by atoms with Crippen LogP contribution >= 0.6 is 23.2 Å². The topological polar surface area (TPSA) is 37.8 Å². The van der Waals surface area contributed by atoms with Crippen LogP contribution in [-0.4, -0.2) is 9.97 Å². The van der Waals surface area contributed by atoms with E-state index >= 15 is 0 Å². The lowest BCUT2D eigenvalue weighted by atomic mass is 9.97. The summed E-state index contributed by atoms with van der Waals surface area (Å²) in [5.74, 6) is 0.00843. The molecule has 1 aliphatic rings.